The summed E-state index contributed by atoms with van der Waals surface area (Å²) in [5, 5.41) is 2.47. The van der Waals surface area contributed by atoms with Crippen LogP contribution in [-0.4, -0.2) is 35.4 Å². The van der Waals surface area contributed by atoms with Gasteiger partial charge < -0.3 is 10.2 Å². The van der Waals surface area contributed by atoms with Crippen molar-refractivity contribution in [1.82, 2.24) is 5.32 Å². The minimum atomic E-state index is -0.532. The highest BCUT2D eigenvalue weighted by molar-refractivity contribution is 8.00. The van der Waals surface area contributed by atoms with Crippen molar-refractivity contribution < 1.29 is 14.0 Å². The maximum Gasteiger partial charge on any atom is 0.250 e. The van der Waals surface area contributed by atoms with Crippen LogP contribution in [0.15, 0.2) is 48.5 Å². The minimum absolute atomic E-state index is 0.0693. The molecule has 1 saturated heterocycles. The number of nitrogens with one attached hydrogen (secondary N) is 1. The molecule has 2 aromatic carbocycles. The Balaban J connectivity index is 1.42. The number of para-hydroxylation sites is 1. The van der Waals surface area contributed by atoms with E-state index >= 15 is 0 Å². The first-order valence-corrected chi connectivity index (χ1v) is 9.73. The summed E-state index contributed by atoms with van der Waals surface area (Å²) in [6.07, 6.45) is 1.17. The van der Waals surface area contributed by atoms with Crippen molar-refractivity contribution in [2.75, 3.05) is 17.2 Å². The fraction of sp³-hybridized carbons (Fsp3) is 0.300. The standard InChI is InChI=1S/C20H19FN2O2S/c21-15-7-3-1-6-14(15)11-18-19(24)22-16(12-26-18)20(25)23-10-9-13-5-2-4-8-17(13)23/h1-8,16,18H,9-12H2,(H,22,24)/t16-,18+/m0/s1. The first kappa shape index (κ1) is 17.1. The van der Waals surface area contributed by atoms with Gasteiger partial charge in [0.2, 0.25) is 11.8 Å². The van der Waals surface area contributed by atoms with Gasteiger partial charge in [-0.15, -0.1) is 11.8 Å². The lowest BCUT2D eigenvalue weighted by Gasteiger charge is -2.31. The maximum absolute atomic E-state index is 13.8. The van der Waals surface area contributed by atoms with Gasteiger partial charge in [0.1, 0.15) is 11.9 Å². The van der Waals surface area contributed by atoms with Crippen molar-refractivity contribution in [2.45, 2.75) is 24.1 Å². The lowest BCUT2D eigenvalue weighted by Crippen LogP contribution is -2.55. The van der Waals surface area contributed by atoms with Crippen LogP contribution in [0.2, 0.25) is 0 Å². The number of amides is 2. The predicted molar refractivity (Wildman–Crippen MR) is 101 cm³/mol. The normalized spacial score (nSPS) is 22.0. The topological polar surface area (TPSA) is 49.4 Å². The summed E-state index contributed by atoms with van der Waals surface area (Å²) in [5.74, 6) is -0.0641. The van der Waals surface area contributed by atoms with Gasteiger partial charge >= 0.3 is 0 Å². The Hall–Kier alpha value is -2.34. The second-order valence-electron chi connectivity index (χ2n) is 6.55. The fourth-order valence-electron chi connectivity index (χ4n) is 3.50. The molecule has 0 aliphatic carbocycles. The first-order chi connectivity index (χ1) is 12.6. The average Bonchev–Trinajstić information content (AvgIpc) is 3.08. The van der Waals surface area contributed by atoms with Crippen molar-refractivity contribution in [3.8, 4) is 0 Å². The lowest BCUT2D eigenvalue weighted by molar-refractivity contribution is -0.127. The Morgan fingerprint density at radius 3 is 2.77 bits per heavy atom. The van der Waals surface area contributed by atoms with Crippen molar-refractivity contribution in [3.05, 3.63) is 65.5 Å². The summed E-state index contributed by atoms with van der Waals surface area (Å²) in [6, 6.07) is 13.8. The maximum atomic E-state index is 13.8. The second-order valence-corrected chi connectivity index (χ2v) is 7.78. The Morgan fingerprint density at radius 1 is 1.19 bits per heavy atom. The van der Waals surface area contributed by atoms with Crippen molar-refractivity contribution in [1.29, 1.82) is 0 Å². The third-order valence-electron chi connectivity index (χ3n) is 4.89. The zero-order chi connectivity index (χ0) is 18.1. The molecule has 0 aromatic heterocycles. The summed E-state index contributed by atoms with van der Waals surface area (Å²) in [7, 11) is 0. The molecule has 4 nitrogen and oxygen atoms in total. The molecular formula is C20H19FN2O2S. The van der Waals surface area contributed by atoms with Crippen LogP contribution in [0.5, 0.6) is 0 Å². The van der Waals surface area contributed by atoms with Gasteiger partial charge in [0.05, 0.1) is 5.25 Å². The van der Waals surface area contributed by atoms with Gasteiger partial charge in [0.15, 0.2) is 0 Å². The highest BCUT2D eigenvalue weighted by Gasteiger charge is 2.36. The van der Waals surface area contributed by atoms with E-state index < -0.39 is 6.04 Å². The molecule has 0 radical (unpaired) electrons. The van der Waals surface area contributed by atoms with Gasteiger partial charge in [-0.1, -0.05) is 36.4 Å². The monoisotopic (exact) mass is 370 g/mol. The average molecular weight is 370 g/mol. The van der Waals surface area contributed by atoms with Crippen LogP contribution in [0.1, 0.15) is 11.1 Å². The van der Waals surface area contributed by atoms with Gasteiger partial charge in [-0.3, -0.25) is 9.59 Å². The van der Waals surface area contributed by atoms with E-state index in [0.29, 0.717) is 24.3 Å². The first-order valence-electron chi connectivity index (χ1n) is 8.68. The van der Waals surface area contributed by atoms with Crippen LogP contribution >= 0.6 is 11.8 Å². The summed E-state index contributed by atoms with van der Waals surface area (Å²) in [5.41, 5.74) is 2.62. The van der Waals surface area contributed by atoms with Gasteiger partial charge in [0, 0.05) is 18.0 Å². The summed E-state index contributed by atoms with van der Waals surface area (Å²) < 4.78 is 13.8. The molecule has 2 aliphatic rings. The van der Waals surface area contributed by atoms with E-state index in [1.165, 1.54) is 17.8 Å². The number of hydrogen-bond acceptors (Lipinski definition) is 3. The smallest absolute Gasteiger partial charge is 0.250 e. The zero-order valence-electron chi connectivity index (χ0n) is 14.2. The van der Waals surface area contributed by atoms with Crippen LogP contribution in [0.4, 0.5) is 10.1 Å². The van der Waals surface area contributed by atoms with E-state index in [4.69, 9.17) is 0 Å². The summed E-state index contributed by atoms with van der Waals surface area (Å²) in [4.78, 5) is 27.1. The summed E-state index contributed by atoms with van der Waals surface area (Å²) >= 11 is 1.43. The Bertz CT molecular complexity index is 857. The van der Waals surface area contributed by atoms with Crippen LogP contribution in [0, 0.1) is 5.82 Å². The number of fused-ring (bicyclic) bond motifs is 1. The van der Waals surface area contributed by atoms with Gasteiger partial charge in [-0.25, -0.2) is 4.39 Å². The molecule has 2 heterocycles. The second kappa shape index (κ2) is 7.11. The molecule has 0 spiro atoms. The zero-order valence-corrected chi connectivity index (χ0v) is 15.0. The van der Waals surface area contributed by atoms with E-state index in [1.807, 2.05) is 24.3 Å². The molecule has 6 heteroatoms. The SMILES string of the molecule is O=C1N[C@H](C(=O)N2CCc3ccccc32)CS[C@@H]1Cc1ccccc1F. The number of thioether (sulfide) groups is 1. The Morgan fingerprint density at radius 2 is 1.96 bits per heavy atom. The molecule has 0 unspecified atom stereocenters. The third-order valence-corrected chi connectivity index (χ3v) is 6.20. The van der Waals surface area contributed by atoms with Gasteiger partial charge in [0.25, 0.3) is 0 Å². The molecular weight excluding hydrogens is 351 g/mol. The number of anilines is 1. The van der Waals surface area contributed by atoms with E-state index in [0.717, 1.165) is 17.7 Å². The number of benzene rings is 2. The molecule has 0 saturated carbocycles. The van der Waals surface area contributed by atoms with Crippen molar-refractivity contribution in [3.63, 3.8) is 0 Å². The third kappa shape index (κ3) is 3.21. The molecule has 2 amide bonds. The molecule has 0 bridgehead atoms. The Labute approximate surface area is 155 Å². The highest BCUT2D eigenvalue weighted by Crippen LogP contribution is 2.30. The number of nitrogens with zero attached hydrogens (tertiary/aromatic N) is 1. The molecule has 134 valence electrons. The number of halogens is 1. The number of carbonyl (C=O) groups is 2. The van der Waals surface area contributed by atoms with Crippen LogP contribution < -0.4 is 10.2 Å². The minimum Gasteiger partial charge on any atom is -0.343 e. The van der Waals surface area contributed by atoms with Crippen LogP contribution in [-0.2, 0) is 22.4 Å². The largest absolute Gasteiger partial charge is 0.343 e. The van der Waals surface area contributed by atoms with E-state index in [1.54, 1.807) is 23.1 Å². The quantitative estimate of drug-likeness (QED) is 0.903. The van der Waals surface area contributed by atoms with Crippen LogP contribution in [0.25, 0.3) is 0 Å². The Kier molecular flexibility index (Phi) is 4.68. The molecule has 26 heavy (non-hydrogen) atoms. The number of carbonyl (C=O) groups excluding carboxylic acids is 2. The van der Waals surface area contributed by atoms with E-state index in [9.17, 15) is 14.0 Å². The number of hydrogen-bond donors (Lipinski definition) is 1. The molecule has 2 aromatic rings. The molecule has 1 N–H and O–H groups in total. The van der Waals surface area contributed by atoms with Gasteiger partial charge in [-0.2, -0.15) is 0 Å². The molecule has 2 atom stereocenters. The predicted octanol–water partition coefficient (Wildman–Crippen LogP) is 2.56. The van der Waals surface area contributed by atoms with Crippen LogP contribution in [0.3, 0.4) is 0 Å². The molecule has 1 fully saturated rings. The van der Waals surface area contributed by atoms with Crippen molar-refractivity contribution >= 4 is 29.3 Å². The summed E-state index contributed by atoms with van der Waals surface area (Å²) in [6.45, 7) is 0.647. The van der Waals surface area contributed by atoms with E-state index in [2.05, 4.69) is 5.32 Å². The van der Waals surface area contributed by atoms with Crippen molar-refractivity contribution in [2.24, 2.45) is 0 Å². The highest BCUT2D eigenvalue weighted by atomic mass is 32.2. The fourth-order valence-corrected chi connectivity index (χ4v) is 4.67. The number of rotatable bonds is 3. The lowest BCUT2D eigenvalue weighted by atomic mass is 10.1. The molecule has 4 rings (SSSR count). The molecule has 2 aliphatic heterocycles. The van der Waals surface area contributed by atoms with Gasteiger partial charge in [-0.05, 0) is 36.1 Å². The van der Waals surface area contributed by atoms with E-state index in [-0.39, 0.29) is 22.9 Å².